The SMILES string of the molecule is CC(C)NC1(C(C)C)CC1. The third-order valence-electron chi connectivity index (χ3n) is 2.47. The Hall–Kier alpha value is -0.0400. The summed E-state index contributed by atoms with van der Waals surface area (Å²) in [6, 6.07) is 0.643. The van der Waals surface area contributed by atoms with Crippen LogP contribution in [0.5, 0.6) is 0 Å². The molecule has 0 spiro atoms. The molecule has 0 aromatic carbocycles. The van der Waals surface area contributed by atoms with E-state index < -0.39 is 0 Å². The predicted octanol–water partition coefficient (Wildman–Crippen LogP) is 2.17. The number of nitrogens with one attached hydrogen (secondary N) is 1. The molecule has 1 aliphatic carbocycles. The van der Waals surface area contributed by atoms with Crippen LogP contribution in [0.2, 0.25) is 0 Å². The fourth-order valence-corrected chi connectivity index (χ4v) is 1.60. The minimum absolute atomic E-state index is 0.522. The first-order valence-electron chi connectivity index (χ1n) is 4.34. The van der Waals surface area contributed by atoms with Crippen molar-refractivity contribution >= 4 is 0 Å². The number of rotatable bonds is 3. The van der Waals surface area contributed by atoms with E-state index in [0.717, 1.165) is 5.92 Å². The summed E-state index contributed by atoms with van der Waals surface area (Å²) in [6.45, 7) is 9.07. The van der Waals surface area contributed by atoms with Crippen LogP contribution in [-0.4, -0.2) is 11.6 Å². The molecule has 0 amide bonds. The first kappa shape index (κ1) is 8.06. The largest absolute Gasteiger partial charge is 0.309 e. The second-order valence-electron chi connectivity index (χ2n) is 4.11. The molecule has 0 aromatic rings. The molecule has 0 atom stereocenters. The Bertz CT molecular complexity index is 112. The molecule has 1 fully saturated rings. The van der Waals surface area contributed by atoms with Gasteiger partial charge in [-0.25, -0.2) is 0 Å². The van der Waals surface area contributed by atoms with Gasteiger partial charge in [-0.1, -0.05) is 27.7 Å². The van der Waals surface area contributed by atoms with Crippen molar-refractivity contribution in [1.82, 2.24) is 5.32 Å². The predicted molar refractivity (Wildman–Crippen MR) is 45.1 cm³/mol. The van der Waals surface area contributed by atoms with Crippen LogP contribution in [0.15, 0.2) is 0 Å². The van der Waals surface area contributed by atoms with Gasteiger partial charge in [-0.3, -0.25) is 0 Å². The van der Waals surface area contributed by atoms with Gasteiger partial charge < -0.3 is 5.32 Å². The molecule has 0 aliphatic heterocycles. The van der Waals surface area contributed by atoms with E-state index in [2.05, 4.69) is 33.0 Å². The van der Waals surface area contributed by atoms with E-state index in [-0.39, 0.29) is 0 Å². The smallest absolute Gasteiger partial charge is 0.0208 e. The third kappa shape index (κ3) is 1.51. The van der Waals surface area contributed by atoms with Gasteiger partial charge in [0.15, 0.2) is 0 Å². The summed E-state index contributed by atoms with van der Waals surface area (Å²) in [6.07, 6.45) is 2.76. The van der Waals surface area contributed by atoms with Gasteiger partial charge in [0.25, 0.3) is 0 Å². The number of hydrogen-bond acceptors (Lipinski definition) is 1. The minimum atomic E-state index is 0.522. The van der Waals surface area contributed by atoms with Gasteiger partial charge in [-0.05, 0) is 18.8 Å². The maximum absolute atomic E-state index is 3.63. The van der Waals surface area contributed by atoms with Gasteiger partial charge in [-0.2, -0.15) is 0 Å². The zero-order valence-corrected chi connectivity index (χ0v) is 7.57. The van der Waals surface area contributed by atoms with Crippen LogP contribution in [0.4, 0.5) is 0 Å². The molecule has 0 aromatic heterocycles. The highest BCUT2D eigenvalue weighted by molar-refractivity contribution is 5.04. The fraction of sp³-hybridized carbons (Fsp3) is 1.00. The van der Waals surface area contributed by atoms with Crippen LogP contribution in [-0.2, 0) is 0 Å². The Balaban J connectivity index is 2.38. The Morgan fingerprint density at radius 1 is 1.10 bits per heavy atom. The van der Waals surface area contributed by atoms with Crippen molar-refractivity contribution in [1.29, 1.82) is 0 Å². The second-order valence-corrected chi connectivity index (χ2v) is 4.11. The fourth-order valence-electron chi connectivity index (χ4n) is 1.60. The lowest BCUT2D eigenvalue weighted by Crippen LogP contribution is -2.40. The van der Waals surface area contributed by atoms with Crippen molar-refractivity contribution in [3.05, 3.63) is 0 Å². The maximum Gasteiger partial charge on any atom is 0.0208 e. The van der Waals surface area contributed by atoms with Crippen molar-refractivity contribution in [3.8, 4) is 0 Å². The van der Waals surface area contributed by atoms with Gasteiger partial charge in [0, 0.05) is 11.6 Å². The molecule has 1 nitrogen and oxygen atoms in total. The zero-order valence-electron chi connectivity index (χ0n) is 7.57. The summed E-state index contributed by atoms with van der Waals surface area (Å²) in [5.41, 5.74) is 0.522. The highest BCUT2D eigenvalue weighted by atomic mass is 15.0. The van der Waals surface area contributed by atoms with E-state index in [1.54, 1.807) is 0 Å². The van der Waals surface area contributed by atoms with Crippen LogP contribution in [0.25, 0.3) is 0 Å². The van der Waals surface area contributed by atoms with Gasteiger partial charge >= 0.3 is 0 Å². The summed E-state index contributed by atoms with van der Waals surface area (Å²) in [7, 11) is 0. The minimum Gasteiger partial charge on any atom is -0.309 e. The summed E-state index contributed by atoms with van der Waals surface area (Å²) in [4.78, 5) is 0. The Labute approximate surface area is 64.2 Å². The van der Waals surface area contributed by atoms with Gasteiger partial charge in [0.2, 0.25) is 0 Å². The summed E-state index contributed by atoms with van der Waals surface area (Å²) in [5, 5.41) is 3.63. The summed E-state index contributed by atoms with van der Waals surface area (Å²) in [5.74, 6) is 0.801. The lowest BCUT2D eigenvalue weighted by atomic mass is 10.0. The van der Waals surface area contributed by atoms with Crippen molar-refractivity contribution < 1.29 is 0 Å². The molecule has 1 saturated carbocycles. The van der Waals surface area contributed by atoms with E-state index >= 15 is 0 Å². The van der Waals surface area contributed by atoms with Gasteiger partial charge in [0.05, 0.1) is 0 Å². The molecule has 1 heteroatoms. The van der Waals surface area contributed by atoms with Crippen LogP contribution in [0, 0.1) is 5.92 Å². The lowest BCUT2D eigenvalue weighted by Gasteiger charge is -2.23. The first-order chi connectivity index (χ1) is 4.57. The first-order valence-corrected chi connectivity index (χ1v) is 4.34. The molecular formula is C9H19N. The van der Waals surface area contributed by atoms with Crippen LogP contribution >= 0.6 is 0 Å². The third-order valence-corrected chi connectivity index (χ3v) is 2.47. The van der Waals surface area contributed by atoms with Crippen LogP contribution < -0.4 is 5.32 Å². The quantitative estimate of drug-likeness (QED) is 0.635. The van der Waals surface area contributed by atoms with Gasteiger partial charge in [-0.15, -0.1) is 0 Å². The summed E-state index contributed by atoms with van der Waals surface area (Å²) >= 11 is 0. The Kier molecular flexibility index (Phi) is 2.04. The molecule has 1 N–H and O–H groups in total. The molecule has 10 heavy (non-hydrogen) atoms. The topological polar surface area (TPSA) is 12.0 Å². The van der Waals surface area contributed by atoms with E-state index in [9.17, 15) is 0 Å². The average molecular weight is 141 g/mol. The molecule has 1 rings (SSSR count). The molecule has 0 saturated heterocycles. The van der Waals surface area contributed by atoms with E-state index in [0.29, 0.717) is 11.6 Å². The maximum atomic E-state index is 3.63. The highest BCUT2D eigenvalue weighted by Gasteiger charge is 2.45. The monoisotopic (exact) mass is 141 g/mol. The zero-order chi connectivity index (χ0) is 7.78. The molecule has 60 valence electrons. The lowest BCUT2D eigenvalue weighted by molar-refractivity contribution is 0.351. The molecule has 0 unspecified atom stereocenters. The van der Waals surface area contributed by atoms with Crippen molar-refractivity contribution in [2.75, 3.05) is 0 Å². The molecule has 0 bridgehead atoms. The van der Waals surface area contributed by atoms with E-state index in [4.69, 9.17) is 0 Å². The van der Waals surface area contributed by atoms with Crippen LogP contribution in [0.1, 0.15) is 40.5 Å². The van der Waals surface area contributed by atoms with Crippen molar-refractivity contribution in [2.24, 2.45) is 5.92 Å². The molecule has 0 heterocycles. The van der Waals surface area contributed by atoms with Crippen molar-refractivity contribution in [2.45, 2.75) is 52.1 Å². The van der Waals surface area contributed by atoms with E-state index in [1.165, 1.54) is 12.8 Å². The molecule has 0 radical (unpaired) electrons. The average Bonchev–Trinajstić information content (AvgIpc) is 2.46. The normalized spacial score (nSPS) is 22.2. The summed E-state index contributed by atoms with van der Waals surface area (Å²) < 4.78 is 0. The Morgan fingerprint density at radius 2 is 1.60 bits per heavy atom. The van der Waals surface area contributed by atoms with Crippen LogP contribution in [0.3, 0.4) is 0 Å². The Morgan fingerprint density at radius 3 is 1.70 bits per heavy atom. The molecular weight excluding hydrogens is 122 g/mol. The highest BCUT2D eigenvalue weighted by Crippen LogP contribution is 2.42. The van der Waals surface area contributed by atoms with Crippen molar-refractivity contribution in [3.63, 3.8) is 0 Å². The second kappa shape index (κ2) is 2.54. The molecule has 1 aliphatic rings. The standard InChI is InChI=1S/C9H19N/c1-7(2)9(5-6-9)10-8(3)4/h7-8,10H,5-6H2,1-4H3. The van der Waals surface area contributed by atoms with E-state index in [1.807, 2.05) is 0 Å². The number of hydrogen-bond donors (Lipinski definition) is 1. The van der Waals surface area contributed by atoms with Gasteiger partial charge in [0.1, 0.15) is 0 Å².